The molecule has 1 aliphatic rings. The lowest BCUT2D eigenvalue weighted by molar-refractivity contribution is 0.228. The molecule has 1 radical (unpaired) electrons. The third-order valence-electron chi connectivity index (χ3n) is 2.56. The summed E-state index contributed by atoms with van der Waals surface area (Å²) in [6.45, 7) is 3.88. The summed E-state index contributed by atoms with van der Waals surface area (Å²) in [6, 6.07) is 3.74. The Labute approximate surface area is 87.9 Å². The maximum atomic E-state index is 13.3. The van der Waals surface area contributed by atoms with Crippen LogP contribution in [0.1, 0.15) is 5.56 Å². The first-order chi connectivity index (χ1) is 7.25. The maximum absolute atomic E-state index is 13.3. The molecule has 81 valence electrons. The van der Waals surface area contributed by atoms with Crippen LogP contribution >= 0.6 is 0 Å². The van der Waals surface area contributed by atoms with Gasteiger partial charge < -0.3 is 0 Å². The second kappa shape index (κ2) is 4.68. The van der Waals surface area contributed by atoms with Crippen LogP contribution in [0.5, 0.6) is 0 Å². The van der Waals surface area contributed by atoms with Gasteiger partial charge in [0.1, 0.15) is 11.6 Å². The summed E-state index contributed by atoms with van der Waals surface area (Å²) in [4.78, 5) is 2.13. The summed E-state index contributed by atoms with van der Waals surface area (Å²) in [5, 5.41) is 4.21. The maximum Gasteiger partial charge on any atom is 0.130 e. The van der Waals surface area contributed by atoms with Crippen molar-refractivity contribution in [3.63, 3.8) is 0 Å². The Bertz CT molecular complexity index is 335. The predicted octanol–water partition coefficient (Wildman–Crippen LogP) is 1.38. The number of halogens is 2. The van der Waals surface area contributed by atoms with Crippen molar-refractivity contribution in [2.45, 2.75) is 6.54 Å². The van der Waals surface area contributed by atoms with Crippen molar-refractivity contribution in [1.82, 2.24) is 10.2 Å². The highest BCUT2D eigenvalue weighted by molar-refractivity contribution is 5.18. The Morgan fingerprint density at radius 2 is 1.93 bits per heavy atom. The van der Waals surface area contributed by atoms with Crippen molar-refractivity contribution in [2.24, 2.45) is 0 Å². The molecule has 2 nitrogen and oxygen atoms in total. The van der Waals surface area contributed by atoms with E-state index in [1.54, 1.807) is 0 Å². The van der Waals surface area contributed by atoms with Crippen LogP contribution in [0.3, 0.4) is 0 Å². The topological polar surface area (TPSA) is 17.3 Å². The molecule has 0 amide bonds. The van der Waals surface area contributed by atoms with Gasteiger partial charge in [0.15, 0.2) is 0 Å². The van der Waals surface area contributed by atoms with Gasteiger partial charge >= 0.3 is 0 Å². The number of nitrogens with zero attached hydrogens (tertiary/aromatic N) is 2. The van der Waals surface area contributed by atoms with Gasteiger partial charge in [-0.1, -0.05) is 6.07 Å². The van der Waals surface area contributed by atoms with Gasteiger partial charge in [-0.15, -0.1) is 0 Å². The van der Waals surface area contributed by atoms with E-state index in [0.717, 1.165) is 32.2 Å². The van der Waals surface area contributed by atoms with Gasteiger partial charge in [-0.05, 0) is 6.07 Å². The summed E-state index contributed by atoms with van der Waals surface area (Å²) >= 11 is 0. The van der Waals surface area contributed by atoms with Gasteiger partial charge in [0.2, 0.25) is 0 Å². The number of piperazine rings is 1. The molecule has 2 rings (SSSR count). The second-order valence-corrected chi connectivity index (χ2v) is 3.68. The SMILES string of the molecule is Fc1ccc(CN2CC[N]CC2)c(F)c1. The summed E-state index contributed by atoms with van der Waals surface area (Å²) in [5.74, 6) is -0.984. The smallest absolute Gasteiger partial charge is 0.130 e. The van der Waals surface area contributed by atoms with E-state index < -0.39 is 11.6 Å². The molecule has 1 aromatic carbocycles. The minimum Gasteiger partial charge on any atom is -0.296 e. The van der Waals surface area contributed by atoms with Crippen molar-refractivity contribution in [3.8, 4) is 0 Å². The Hall–Kier alpha value is -1.00. The number of hydrogen-bond donors (Lipinski definition) is 0. The zero-order valence-corrected chi connectivity index (χ0v) is 8.42. The average Bonchev–Trinajstić information content (AvgIpc) is 2.24. The predicted molar refractivity (Wildman–Crippen MR) is 53.5 cm³/mol. The van der Waals surface area contributed by atoms with Crippen molar-refractivity contribution in [3.05, 3.63) is 35.4 Å². The first kappa shape index (κ1) is 10.5. The van der Waals surface area contributed by atoms with Crippen LogP contribution in [0.2, 0.25) is 0 Å². The summed E-state index contributed by atoms with van der Waals surface area (Å²) < 4.78 is 26.0. The van der Waals surface area contributed by atoms with Crippen LogP contribution in [-0.4, -0.2) is 31.1 Å². The molecule has 1 saturated heterocycles. The second-order valence-electron chi connectivity index (χ2n) is 3.68. The highest BCUT2D eigenvalue weighted by Gasteiger charge is 2.12. The van der Waals surface area contributed by atoms with Crippen LogP contribution in [0.15, 0.2) is 18.2 Å². The van der Waals surface area contributed by atoms with Crippen molar-refractivity contribution < 1.29 is 8.78 Å². The summed E-state index contributed by atoms with van der Waals surface area (Å²) in [5.41, 5.74) is 0.554. The van der Waals surface area contributed by atoms with E-state index in [-0.39, 0.29) is 0 Å². The molecule has 1 aromatic rings. The minimum absolute atomic E-state index is 0.461. The van der Waals surface area contributed by atoms with Gasteiger partial charge in [-0.2, -0.15) is 0 Å². The lowest BCUT2D eigenvalue weighted by Gasteiger charge is -2.26. The fraction of sp³-hybridized carbons (Fsp3) is 0.455. The molecule has 0 bridgehead atoms. The lowest BCUT2D eigenvalue weighted by Crippen LogP contribution is -2.39. The first-order valence-electron chi connectivity index (χ1n) is 5.05. The molecule has 0 spiro atoms. The molecular weight excluding hydrogens is 198 g/mol. The number of hydrogen-bond acceptors (Lipinski definition) is 1. The Kier molecular flexibility index (Phi) is 3.28. The monoisotopic (exact) mass is 211 g/mol. The van der Waals surface area contributed by atoms with E-state index >= 15 is 0 Å². The number of benzene rings is 1. The molecule has 4 heteroatoms. The zero-order valence-electron chi connectivity index (χ0n) is 8.42. The van der Waals surface area contributed by atoms with Gasteiger partial charge in [-0.3, -0.25) is 4.90 Å². The fourth-order valence-electron chi connectivity index (χ4n) is 1.70. The fourth-order valence-corrected chi connectivity index (χ4v) is 1.70. The number of rotatable bonds is 2. The van der Waals surface area contributed by atoms with Crippen LogP contribution in [0.25, 0.3) is 0 Å². The Morgan fingerprint density at radius 3 is 2.60 bits per heavy atom. The van der Waals surface area contributed by atoms with Crippen molar-refractivity contribution in [1.29, 1.82) is 0 Å². The zero-order chi connectivity index (χ0) is 10.7. The quantitative estimate of drug-likeness (QED) is 0.722. The first-order valence-corrected chi connectivity index (χ1v) is 5.05. The van der Waals surface area contributed by atoms with Crippen LogP contribution < -0.4 is 5.32 Å². The molecule has 0 aromatic heterocycles. The molecule has 15 heavy (non-hydrogen) atoms. The van der Waals surface area contributed by atoms with E-state index in [1.807, 2.05) is 0 Å². The van der Waals surface area contributed by atoms with Gasteiger partial charge in [0.05, 0.1) is 0 Å². The molecule has 0 aliphatic carbocycles. The Balaban J connectivity index is 2.03. The third-order valence-corrected chi connectivity index (χ3v) is 2.56. The third kappa shape index (κ3) is 2.73. The highest BCUT2D eigenvalue weighted by Crippen LogP contribution is 2.12. The Morgan fingerprint density at radius 1 is 1.20 bits per heavy atom. The van der Waals surface area contributed by atoms with E-state index in [2.05, 4.69) is 10.2 Å². The molecule has 0 saturated carbocycles. The lowest BCUT2D eigenvalue weighted by atomic mass is 10.2. The summed E-state index contributed by atoms with van der Waals surface area (Å²) in [6.07, 6.45) is 0. The van der Waals surface area contributed by atoms with Gasteiger partial charge in [-0.25, -0.2) is 14.1 Å². The van der Waals surface area contributed by atoms with Crippen molar-refractivity contribution >= 4 is 0 Å². The minimum atomic E-state index is -0.523. The van der Waals surface area contributed by atoms with E-state index in [4.69, 9.17) is 0 Å². The summed E-state index contributed by atoms with van der Waals surface area (Å²) in [7, 11) is 0. The van der Waals surface area contributed by atoms with Gasteiger partial charge in [0.25, 0.3) is 0 Å². The molecule has 1 heterocycles. The molecule has 0 atom stereocenters. The van der Waals surface area contributed by atoms with Crippen LogP contribution in [-0.2, 0) is 6.54 Å². The van der Waals surface area contributed by atoms with Crippen molar-refractivity contribution in [2.75, 3.05) is 26.2 Å². The normalized spacial score (nSPS) is 18.0. The van der Waals surface area contributed by atoms with Gasteiger partial charge in [0, 0.05) is 44.4 Å². The average molecular weight is 211 g/mol. The largest absolute Gasteiger partial charge is 0.296 e. The molecule has 1 fully saturated rings. The molecule has 0 N–H and O–H groups in total. The van der Waals surface area contributed by atoms with Crippen LogP contribution in [0, 0.1) is 11.6 Å². The highest BCUT2D eigenvalue weighted by atomic mass is 19.1. The molecule has 0 unspecified atom stereocenters. The van der Waals surface area contributed by atoms with E-state index in [1.165, 1.54) is 12.1 Å². The van der Waals surface area contributed by atoms with E-state index in [0.29, 0.717) is 12.1 Å². The molecular formula is C11H13F2N2. The molecule has 1 aliphatic heterocycles. The standard InChI is InChI=1S/C11H13F2N2/c12-10-2-1-9(11(13)7-10)8-15-5-3-14-4-6-15/h1-2,7H,3-6,8H2. The van der Waals surface area contributed by atoms with E-state index in [9.17, 15) is 8.78 Å². The van der Waals surface area contributed by atoms with Crippen LogP contribution in [0.4, 0.5) is 8.78 Å².